The minimum Gasteiger partial charge on any atom is -0.309 e. The van der Waals surface area contributed by atoms with Gasteiger partial charge in [-0.05, 0) is 29.8 Å². The Morgan fingerprint density at radius 1 is 1.21 bits per heavy atom. The number of aromatic nitrogens is 2. The molecule has 6 heteroatoms. The fourth-order valence-electron chi connectivity index (χ4n) is 1.38. The van der Waals surface area contributed by atoms with E-state index in [4.69, 9.17) is 0 Å². The lowest BCUT2D eigenvalue weighted by Gasteiger charge is -2.03. The van der Waals surface area contributed by atoms with Crippen LogP contribution in [0, 0.1) is 0 Å². The van der Waals surface area contributed by atoms with Crippen LogP contribution in [-0.2, 0) is 10.5 Å². The van der Waals surface area contributed by atoms with E-state index in [2.05, 4.69) is 43.6 Å². The highest BCUT2D eigenvalue weighted by Crippen LogP contribution is 2.21. The van der Waals surface area contributed by atoms with Crippen LogP contribution in [0.3, 0.4) is 0 Å². The second-order valence-electron chi connectivity index (χ2n) is 3.85. The zero-order valence-corrected chi connectivity index (χ0v) is 12.7. The van der Waals surface area contributed by atoms with Crippen molar-refractivity contribution in [2.45, 2.75) is 17.7 Å². The van der Waals surface area contributed by atoms with E-state index in [0.717, 1.165) is 15.3 Å². The van der Waals surface area contributed by atoms with Gasteiger partial charge in [0, 0.05) is 17.1 Å². The third-order valence-electron chi connectivity index (χ3n) is 2.24. The van der Waals surface area contributed by atoms with Crippen molar-refractivity contribution < 1.29 is 4.79 Å². The number of hydrogen-bond donors (Lipinski definition) is 1. The van der Waals surface area contributed by atoms with E-state index >= 15 is 0 Å². The maximum atomic E-state index is 10.8. The minimum atomic E-state index is -0.149. The molecule has 0 fully saturated rings. The second kappa shape index (κ2) is 6.68. The standard InChI is InChI=1S/C13H12BrN3OS/c1-9(18)15-12-6-7-13(17-16-12)19-8-10-2-4-11(14)5-3-10/h2-7H,8H2,1H3,(H,15,16,18). The molecule has 0 saturated carbocycles. The summed E-state index contributed by atoms with van der Waals surface area (Å²) in [6.07, 6.45) is 0. The lowest BCUT2D eigenvalue weighted by molar-refractivity contribution is -0.114. The molecule has 0 saturated heterocycles. The van der Waals surface area contributed by atoms with Crippen molar-refractivity contribution in [3.8, 4) is 0 Å². The van der Waals surface area contributed by atoms with E-state index in [1.54, 1.807) is 17.8 Å². The number of benzene rings is 1. The number of hydrogen-bond acceptors (Lipinski definition) is 4. The molecule has 2 rings (SSSR count). The molecule has 1 aromatic carbocycles. The van der Waals surface area contributed by atoms with Gasteiger partial charge in [-0.3, -0.25) is 4.79 Å². The summed E-state index contributed by atoms with van der Waals surface area (Å²) in [4.78, 5) is 10.8. The van der Waals surface area contributed by atoms with Gasteiger partial charge in [0.1, 0.15) is 5.03 Å². The van der Waals surface area contributed by atoms with Gasteiger partial charge in [-0.25, -0.2) is 0 Å². The molecule has 1 N–H and O–H groups in total. The first-order chi connectivity index (χ1) is 9.13. The van der Waals surface area contributed by atoms with Gasteiger partial charge in [-0.2, -0.15) is 0 Å². The molecular weight excluding hydrogens is 326 g/mol. The van der Waals surface area contributed by atoms with Gasteiger partial charge in [0.25, 0.3) is 0 Å². The van der Waals surface area contributed by atoms with Crippen LogP contribution < -0.4 is 5.32 Å². The number of nitrogens with zero attached hydrogens (tertiary/aromatic N) is 2. The van der Waals surface area contributed by atoms with Gasteiger partial charge in [-0.1, -0.05) is 39.8 Å². The Morgan fingerprint density at radius 2 is 1.95 bits per heavy atom. The van der Waals surface area contributed by atoms with Crippen molar-refractivity contribution >= 4 is 39.4 Å². The summed E-state index contributed by atoms with van der Waals surface area (Å²) in [5.41, 5.74) is 1.22. The topological polar surface area (TPSA) is 54.9 Å². The quantitative estimate of drug-likeness (QED) is 0.867. The molecule has 1 aromatic heterocycles. The second-order valence-corrected chi connectivity index (χ2v) is 5.76. The minimum absolute atomic E-state index is 0.149. The average molecular weight is 338 g/mol. The molecule has 1 amide bonds. The Hall–Kier alpha value is -1.40. The highest BCUT2D eigenvalue weighted by Gasteiger charge is 2.01. The van der Waals surface area contributed by atoms with Crippen LogP contribution in [0.2, 0.25) is 0 Å². The molecule has 0 bridgehead atoms. The summed E-state index contributed by atoms with van der Waals surface area (Å²) in [6.45, 7) is 1.44. The molecule has 0 unspecified atom stereocenters. The summed E-state index contributed by atoms with van der Waals surface area (Å²) in [5, 5.41) is 11.4. The average Bonchev–Trinajstić information content (AvgIpc) is 2.39. The van der Waals surface area contributed by atoms with Crippen molar-refractivity contribution in [2.75, 3.05) is 5.32 Å². The Labute approximate surface area is 124 Å². The Morgan fingerprint density at radius 3 is 2.53 bits per heavy atom. The third kappa shape index (κ3) is 4.65. The predicted molar refractivity (Wildman–Crippen MR) is 80.0 cm³/mol. The van der Waals surface area contributed by atoms with Gasteiger partial charge < -0.3 is 5.32 Å². The molecule has 0 aliphatic heterocycles. The number of carbonyl (C=O) groups excluding carboxylic acids is 1. The van der Waals surface area contributed by atoms with E-state index in [0.29, 0.717) is 5.82 Å². The van der Waals surface area contributed by atoms with Crippen molar-refractivity contribution in [3.05, 3.63) is 46.4 Å². The van der Waals surface area contributed by atoms with Crippen LogP contribution in [-0.4, -0.2) is 16.1 Å². The zero-order chi connectivity index (χ0) is 13.7. The largest absolute Gasteiger partial charge is 0.309 e. The molecule has 0 radical (unpaired) electrons. The fourth-order valence-corrected chi connectivity index (χ4v) is 2.42. The smallest absolute Gasteiger partial charge is 0.222 e. The first-order valence-electron chi connectivity index (χ1n) is 5.62. The van der Waals surface area contributed by atoms with Gasteiger partial charge in [-0.15, -0.1) is 10.2 Å². The Balaban J connectivity index is 1.92. The van der Waals surface area contributed by atoms with Crippen LogP contribution in [0.5, 0.6) is 0 Å². The maximum absolute atomic E-state index is 10.8. The van der Waals surface area contributed by atoms with Gasteiger partial charge >= 0.3 is 0 Å². The molecule has 0 aliphatic carbocycles. The molecule has 98 valence electrons. The van der Waals surface area contributed by atoms with Crippen LogP contribution in [0.1, 0.15) is 12.5 Å². The maximum Gasteiger partial charge on any atom is 0.222 e. The SMILES string of the molecule is CC(=O)Nc1ccc(SCc2ccc(Br)cc2)nn1. The first kappa shape index (κ1) is 14.0. The van der Waals surface area contributed by atoms with Crippen LogP contribution in [0.25, 0.3) is 0 Å². The number of halogens is 1. The fraction of sp³-hybridized carbons (Fsp3) is 0.154. The van der Waals surface area contributed by atoms with Crippen molar-refractivity contribution in [1.82, 2.24) is 10.2 Å². The number of carbonyl (C=O) groups is 1. The molecule has 0 atom stereocenters. The Kier molecular flexibility index (Phi) is 4.93. The lowest BCUT2D eigenvalue weighted by atomic mass is 10.2. The van der Waals surface area contributed by atoms with Crippen molar-refractivity contribution in [2.24, 2.45) is 0 Å². The summed E-state index contributed by atoms with van der Waals surface area (Å²) in [5.74, 6) is 1.16. The molecule has 2 aromatic rings. The molecule has 19 heavy (non-hydrogen) atoms. The monoisotopic (exact) mass is 337 g/mol. The lowest BCUT2D eigenvalue weighted by Crippen LogP contribution is -2.07. The van der Waals surface area contributed by atoms with Gasteiger partial charge in [0.2, 0.25) is 5.91 Å². The van der Waals surface area contributed by atoms with Gasteiger partial charge in [0.15, 0.2) is 5.82 Å². The number of thioether (sulfide) groups is 1. The van der Waals surface area contributed by atoms with E-state index < -0.39 is 0 Å². The molecule has 0 aliphatic rings. The van der Waals surface area contributed by atoms with Crippen LogP contribution in [0.15, 0.2) is 45.9 Å². The highest BCUT2D eigenvalue weighted by atomic mass is 79.9. The van der Waals surface area contributed by atoms with Crippen LogP contribution in [0.4, 0.5) is 5.82 Å². The van der Waals surface area contributed by atoms with Gasteiger partial charge in [0.05, 0.1) is 0 Å². The first-order valence-corrected chi connectivity index (χ1v) is 7.40. The molecule has 1 heterocycles. The normalized spacial score (nSPS) is 10.2. The zero-order valence-electron chi connectivity index (χ0n) is 10.3. The molecule has 0 spiro atoms. The summed E-state index contributed by atoms with van der Waals surface area (Å²) in [7, 11) is 0. The van der Waals surface area contributed by atoms with E-state index in [-0.39, 0.29) is 5.91 Å². The van der Waals surface area contributed by atoms with E-state index in [1.807, 2.05) is 18.2 Å². The highest BCUT2D eigenvalue weighted by molar-refractivity contribution is 9.10. The Bertz CT molecular complexity index is 557. The number of rotatable bonds is 4. The third-order valence-corrected chi connectivity index (χ3v) is 3.76. The van der Waals surface area contributed by atoms with E-state index in [9.17, 15) is 4.79 Å². The number of anilines is 1. The van der Waals surface area contributed by atoms with Crippen molar-refractivity contribution in [3.63, 3.8) is 0 Å². The predicted octanol–water partition coefficient (Wildman–Crippen LogP) is 3.49. The van der Waals surface area contributed by atoms with Crippen molar-refractivity contribution in [1.29, 1.82) is 0 Å². The number of nitrogens with one attached hydrogen (secondary N) is 1. The molecule has 4 nitrogen and oxygen atoms in total. The number of amides is 1. The molecular formula is C13H12BrN3OS. The summed E-state index contributed by atoms with van der Waals surface area (Å²) >= 11 is 5.01. The van der Waals surface area contributed by atoms with Crippen LogP contribution >= 0.6 is 27.7 Å². The summed E-state index contributed by atoms with van der Waals surface area (Å²) in [6, 6.07) is 11.8. The van der Waals surface area contributed by atoms with E-state index in [1.165, 1.54) is 12.5 Å². The summed E-state index contributed by atoms with van der Waals surface area (Å²) < 4.78 is 1.07.